The van der Waals surface area contributed by atoms with Gasteiger partial charge in [0.1, 0.15) is 0 Å². The first-order chi connectivity index (χ1) is 3.91. The van der Waals surface area contributed by atoms with Crippen LogP contribution < -0.4 is 11.5 Å². The minimum atomic E-state index is 0. The van der Waals surface area contributed by atoms with Crippen LogP contribution in [-0.2, 0) is 0 Å². The van der Waals surface area contributed by atoms with Gasteiger partial charge < -0.3 is 11.5 Å². The molecule has 2 nitrogen and oxygen atoms in total. The minimum Gasteiger partial charge on any atom is -0.344 e. The third-order valence-electron chi connectivity index (χ3n) is 2.44. The highest BCUT2D eigenvalue weighted by molar-refractivity contribution is 5.03. The van der Waals surface area contributed by atoms with Crippen molar-refractivity contribution in [1.29, 1.82) is 0 Å². The Balaban J connectivity index is 0.000000405. The summed E-state index contributed by atoms with van der Waals surface area (Å²) in [5, 5.41) is 3.57. The maximum Gasteiger partial charge on any atom is 0.0182 e. The first-order valence-electron chi connectivity index (χ1n) is 3.66. The Morgan fingerprint density at radius 2 is 1.78 bits per heavy atom. The molecule has 0 amide bonds. The lowest BCUT2D eigenvalue weighted by atomic mass is 10.0. The van der Waals surface area contributed by atoms with Gasteiger partial charge in [-0.1, -0.05) is 6.42 Å². The van der Waals surface area contributed by atoms with E-state index in [0.717, 1.165) is 0 Å². The molecule has 2 aliphatic rings. The molecular formula is C7H16N2. The second-order valence-corrected chi connectivity index (χ2v) is 3.16. The third kappa shape index (κ3) is 1.25. The normalized spacial score (nSPS) is 29.3. The summed E-state index contributed by atoms with van der Waals surface area (Å²) in [5.74, 6) is 0. The van der Waals surface area contributed by atoms with Crippen LogP contribution in [0.5, 0.6) is 0 Å². The average Bonchev–Trinajstić information content (AvgIpc) is 2.52. The lowest BCUT2D eigenvalue weighted by molar-refractivity contribution is 0.385. The van der Waals surface area contributed by atoms with Crippen molar-refractivity contribution in [2.24, 2.45) is 0 Å². The Bertz CT molecular complexity index is 89.1. The Hall–Kier alpha value is -0.0800. The van der Waals surface area contributed by atoms with Gasteiger partial charge in [-0.05, 0) is 32.2 Å². The number of hydrogen-bond donors (Lipinski definition) is 2. The molecule has 0 aromatic rings. The Labute approximate surface area is 56.6 Å². The van der Waals surface area contributed by atoms with Crippen LogP contribution in [0.25, 0.3) is 0 Å². The van der Waals surface area contributed by atoms with E-state index in [4.69, 9.17) is 0 Å². The summed E-state index contributed by atoms with van der Waals surface area (Å²) >= 11 is 0. The molecule has 0 aromatic heterocycles. The lowest BCUT2D eigenvalue weighted by Gasteiger charge is -2.22. The molecule has 0 bridgehead atoms. The Morgan fingerprint density at radius 3 is 2.11 bits per heavy atom. The zero-order valence-electron chi connectivity index (χ0n) is 5.95. The van der Waals surface area contributed by atoms with Crippen molar-refractivity contribution in [3.8, 4) is 0 Å². The SMILES string of the molecule is C1CCC2(CC2)NC1.N. The second-order valence-electron chi connectivity index (χ2n) is 3.16. The fourth-order valence-electron chi connectivity index (χ4n) is 1.61. The smallest absolute Gasteiger partial charge is 0.0182 e. The van der Waals surface area contributed by atoms with E-state index in [-0.39, 0.29) is 6.15 Å². The van der Waals surface area contributed by atoms with E-state index in [0.29, 0.717) is 5.54 Å². The molecule has 2 heteroatoms. The molecule has 1 heterocycles. The predicted octanol–water partition coefficient (Wildman–Crippen LogP) is 1.45. The highest BCUT2D eigenvalue weighted by Crippen LogP contribution is 2.41. The fourth-order valence-corrected chi connectivity index (χ4v) is 1.61. The van der Waals surface area contributed by atoms with Gasteiger partial charge in [0.25, 0.3) is 0 Å². The predicted molar refractivity (Wildman–Crippen MR) is 38.8 cm³/mol. The van der Waals surface area contributed by atoms with Crippen molar-refractivity contribution in [2.75, 3.05) is 6.54 Å². The summed E-state index contributed by atoms with van der Waals surface area (Å²) in [7, 11) is 0. The summed E-state index contributed by atoms with van der Waals surface area (Å²) in [6.07, 6.45) is 7.22. The van der Waals surface area contributed by atoms with Gasteiger partial charge in [0.05, 0.1) is 0 Å². The quantitative estimate of drug-likeness (QED) is 0.518. The summed E-state index contributed by atoms with van der Waals surface area (Å²) < 4.78 is 0. The highest BCUT2D eigenvalue weighted by atomic mass is 15.0. The van der Waals surface area contributed by atoms with E-state index in [1.54, 1.807) is 0 Å². The van der Waals surface area contributed by atoms with Crippen molar-refractivity contribution in [1.82, 2.24) is 11.5 Å². The summed E-state index contributed by atoms with van der Waals surface area (Å²) in [5.41, 5.74) is 0.679. The molecule has 54 valence electrons. The largest absolute Gasteiger partial charge is 0.344 e. The number of rotatable bonds is 0. The van der Waals surface area contributed by atoms with Crippen LogP contribution in [0.4, 0.5) is 0 Å². The van der Waals surface area contributed by atoms with E-state index in [1.165, 1.54) is 38.6 Å². The molecule has 4 N–H and O–H groups in total. The van der Waals surface area contributed by atoms with E-state index >= 15 is 0 Å². The molecule has 0 radical (unpaired) electrons. The Morgan fingerprint density at radius 1 is 1.00 bits per heavy atom. The monoisotopic (exact) mass is 128 g/mol. The molecule has 9 heavy (non-hydrogen) atoms. The first-order valence-corrected chi connectivity index (χ1v) is 3.66. The molecule has 1 aliphatic heterocycles. The molecule has 0 aromatic carbocycles. The summed E-state index contributed by atoms with van der Waals surface area (Å²) in [6.45, 7) is 1.28. The molecule has 1 saturated carbocycles. The zero-order valence-corrected chi connectivity index (χ0v) is 5.95. The fraction of sp³-hybridized carbons (Fsp3) is 1.00. The zero-order chi connectivity index (χ0) is 5.45. The van der Waals surface area contributed by atoms with Gasteiger partial charge >= 0.3 is 0 Å². The van der Waals surface area contributed by atoms with Crippen LogP contribution in [0, 0.1) is 0 Å². The standard InChI is InChI=1S/C7H13N.H3N/c1-2-6-8-7(3-1)4-5-7;/h8H,1-6H2;1H3. The van der Waals surface area contributed by atoms with Gasteiger partial charge in [-0.15, -0.1) is 0 Å². The van der Waals surface area contributed by atoms with Crippen molar-refractivity contribution >= 4 is 0 Å². The third-order valence-corrected chi connectivity index (χ3v) is 2.44. The van der Waals surface area contributed by atoms with Crippen LogP contribution in [0.15, 0.2) is 0 Å². The molecule has 1 aliphatic carbocycles. The van der Waals surface area contributed by atoms with Crippen molar-refractivity contribution in [3.05, 3.63) is 0 Å². The van der Waals surface area contributed by atoms with Crippen LogP contribution in [0.2, 0.25) is 0 Å². The first kappa shape index (κ1) is 7.03. The maximum atomic E-state index is 3.57. The van der Waals surface area contributed by atoms with Gasteiger partial charge in [0, 0.05) is 5.54 Å². The summed E-state index contributed by atoms with van der Waals surface area (Å²) in [6, 6.07) is 0. The topological polar surface area (TPSA) is 47.0 Å². The number of piperidine rings is 1. The van der Waals surface area contributed by atoms with E-state index in [1.807, 2.05) is 0 Å². The molecule has 2 rings (SSSR count). The number of nitrogens with one attached hydrogen (secondary N) is 1. The Kier molecular flexibility index (Phi) is 1.78. The van der Waals surface area contributed by atoms with E-state index < -0.39 is 0 Å². The molecule has 1 saturated heterocycles. The van der Waals surface area contributed by atoms with E-state index in [9.17, 15) is 0 Å². The molecule has 0 unspecified atom stereocenters. The minimum absolute atomic E-state index is 0. The van der Waals surface area contributed by atoms with Crippen LogP contribution in [0.3, 0.4) is 0 Å². The van der Waals surface area contributed by atoms with Crippen LogP contribution >= 0.6 is 0 Å². The van der Waals surface area contributed by atoms with Gasteiger partial charge in [-0.2, -0.15) is 0 Å². The van der Waals surface area contributed by atoms with Gasteiger partial charge in [-0.25, -0.2) is 0 Å². The van der Waals surface area contributed by atoms with Crippen molar-refractivity contribution in [2.45, 2.75) is 37.6 Å². The van der Waals surface area contributed by atoms with Crippen molar-refractivity contribution < 1.29 is 0 Å². The number of hydrogen-bond acceptors (Lipinski definition) is 2. The highest BCUT2D eigenvalue weighted by Gasteiger charge is 2.42. The molecule has 2 fully saturated rings. The summed E-state index contributed by atoms with van der Waals surface area (Å²) in [4.78, 5) is 0. The second kappa shape index (κ2) is 2.27. The van der Waals surface area contributed by atoms with Crippen LogP contribution in [-0.4, -0.2) is 12.1 Å². The van der Waals surface area contributed by atoms with Gasteiger partial charge in [0.2, 0.25) is 0 Å². The maximum absolute atomic E-state index is 3.57. The molecular weight excluding hydrogens is 112 g/mol. The van der Waals surface area contributed by atoms with Gasteiger partial charge in [0.15, 0.2) is 0 Å². The molecule has 0 atom stereocenters. The van der Waals surface area contributed by atoms with Crippen molar-refractivity contribution in [3.63, 3.8) is 0 Å². The van der Waals surface area contributed by atoms with E-state index in [2.05, 4.69) is 5.32 Å². The molecule has 1 spiro atoms. The van der Waals surface area contributed by atoms with Gasteiger partial charge in [-0.3, -0.25) is 0 Å². The lowest BCUT2D eigenvalue weighted by Crippen LogP contribution is -2.35. The average molecular weight is 128 g/mol. The van der Waals surface area contributed by atoms with Crippen LogP contribution in [0.1, 0.15) is 32.1 Å².